The SMILES string of the molecule is Cc1ccc2[nH]c(C(=O)N3C[C@@H](CCl)c4c3cc(OC(=O)N3CCN(C)CC3)c3ccccc43)cc2c1. The predicted molar refractivity (Wildman–Crippen MR) is 147 cm³/mol. The molecule has 1 atom stereocenters. The minimum absolute atomic E-state index is 0.0282. The fraction of sp³-hybridized carbons (Fsp3) is 0.310. The van der Waals surface area contributed by atoms with Crippen molar-refractivity contribution in [2.45, 2.75) is 12.8 Å². The first-order valence-corrected chi connectivity index (χ1v) is 13.1. The van der Waals surface area contributed by atoms with Gasteiger partial charge in [-0.05, 0) is 43.1 Å². The van der Waals surface area contributed by atoms with E-state index in [-0.39, 0.29) is 17.9 Å². The molecule has 0 spiro atoms. The second-order valence-electron chi connectivity index (χ2n) is 10.1. The maximum absolute atomic E-state index is 13.8. The van der Waals surface area contributed by atoms with Crippen LogP contribution < -0.4 is 9.64 Å². The second-order valence-corrected chi connectivity index (χ2v) is 10.4. The first-order valence-electron chi connectivity index (χ1n) is 12.6. The zero-order valence-electron chi connectivity index (χ0n) is 21.0. The smallest absolute Gasteiger partial charge is 0.409 e. The van der Waals surface area contributed by atoms with Gasteiger partial charge in [-0.1, -0.05) is 35.9 Å². The first kappa shape index (κ1) is 23.8. The lowest BCUT2D eigenvalue weighted by molar-refractivity contribution is 0.0984. The number of aromatic amines is 1. The molecule has 190 valence electrons. The third-order valence-electron chi connectivity index (χ3n) is 7.53. The highest BCUT2D eigenvalue weighted by atomic mass is 35.5. The van der Waals surface area contributed by atoms with Gasteiger partial charge in [-0.25, -0.2) is 4.79 Å². The van der Waals surface area contributed by atoms with Gasteiger partial charge in [0, 0.05) is 66.9 Å². The van der Waals surface area contributed by atoms with Crippen molar-refractivity contribution in [1.82, 2.24) is 14.8 Å². The van der Waals surface area contributed by atoms with Crippen molar-refractivity contribution < 1.29 is 14.3 Å². The summed E-state index contributed by atoms with van der Waals surface area (Å²) in [6.45, 7) is 5.36. The van der Waals surface area contributed by atoms with Gasteiger partial charge in [-0.2, -0.15) is 0 Å². The Morgan fingerprint density at radius 1 is 1.03 bits per heavy atom. The van der Waals surface area contributed by atoms with Crippen LogP contribution in [0, 0.1) is 6.92 Å². The normalized spacial score (nSPS) is 18.0. The van der Waals surface area contributed by atoms with Crippen molar-refractivity contribution in [3.8, 4) is 5.75 Å². The average Bonchev–Trinajstić information content (AvgIpc) is 3.50. The van der Waals surface area contributed by atoms with E-state index < -0.39 is 0 Å². The zero-order valence-corrected chi connectivity index (χ0v) is 21.7. The number of halogens is 1. The first-order chi connectivity index (χ1) is 17.9. The zero-order chi connectivity index (χ0) is 25.7. The van der Waals surface area contributed by atoms with E-state index in [9.17, 15) is 9.59 Å². The minimum atomic E-state index is -0.367. The number of rotatable bonds is 3. The predicted octanol–water partition coefficient (Wildman–Crippen LogP) is 5.36. The van der Waals surface area contributed by atoms with Gasteiger partial charge in [-0.15, -0.1) is 11.6 Å². The molecule has 7 nitrogen and oxygen atoms in total. The number of carbonyl (C=O) groups is 2. The van der Waals surface area contributed by atoms with Crippen molar-refractivity contribution in [3.63, 3.8) is 0 Å². The molecule has 0 aliphatic carbocycles. The Morgan fingerprint density at radius 2 is 1.78 bits per heavy atom. The molecule has 1 fully saturated rings. The summed E-state index contributed by atoms with van der Waals surface area (Å²) < 4.78 is 5.98. The number of hydrogen-bond donors (Lipinski definition) is 1. The van der Waals surface area contributed by atoms with Crippen LogP contribution >= 0.6 is 11.6 Å². The molecule has 2 aliphatic heterocycles. The van der Waals surface area contributed by atoms with E-state index in [0.717, 1.165) is 51.6 Å². The van der Waals surface area contributed by atoms with Gasteiger partial charge >= 0.3 is 6.09 Å². The number of fused-ring (bicyclic) bond motifs is 4. The molecule has 2 aliphatic rings. The standard InChI is InChI=1S/C29H29ClN4O3/c1-18-7-8-23-19(13-18)14-24(31-23)28(35)34-17-20(16-30)27-22-6-4-3-5-21(22)26(15-25(27)34)37-29(36)33-11-9-32(2)10-12-33/h3-8,13-15,20,31H,9-12,16-17H2,1-2H3/t20-/m1/s1. The van der Waals surface area contributed by atoms with Crippen molar-refractivity contribution in [3.05, 3.63) is 71.4 Å². The van der Waals surface area contributed by atoms with Crippen LogP contribution in [0.15, 0.2) is 54.6 Å². The van der Waals surface area contributed by atoms with Gasteiger partial charge in [0.1, 0.15) is 11.4 Å². The fourth-order valence-electron chi connectivity index (χ4n) is 5.48. The van der Waals surface area contributed by atoms with E-state index in [1.54, 1.807) is 9.80 Å². The third kappa shape index (κ3) is 4.22. The molecule has 8 heteroatoms. The van der Waals surface area contributed by atoms with Crippen LogP contribution in [-0.2, 0) is 0 Å². The van der Waals surface area contributed by atoms with Crippen LogP contribution in [0.5, 0.6) is 5.75 Å². The third-order valence-corrected chi connectivity index (χ3v) is 7.90. The van der Waals surface area contributed by atoms with Crippen LogP contribution in [-0.4, -0.2) is 72.4 Å². The summed E-state index contributed by atoms with van der Waals surface area (Å²) in [5.74, 6) is 0.681. The highest BCUT2D eigenvalue weighted by molar-refractivity contribution is 6.19. The van der Waals surface area contributed by atoms with Gasteiger partial charge in [0.2, 0.25) is 0 Å². The molecular formula is C29H29ClN4O3. The number of aryl methyl sites for hydroxylation is 1. The van der Waals surface area contributed by atoms with Crippen molar-refractivity contribution in [2.24, 2.45) is 0 Å². The van der Waals surface area contributed by atoms with Crippen LogP contribution in [0.3, 0.4) is 0 Å². The quantitative estimate of drug-likeness (QED) is 0.372. The highest BCUT2D eigenvalue weighted by Crippen LogP contribution is 2.46. The maximum atomic E-state index is 13.8. The number of hydrogen-bond acceptors (Lipinski definition) is 4. The summed E-state index contributed by atoms with van der Waals surface area (Å²) in [4.78, 5) is 35.8. The summed E-state index contributed by atoms with van der Waals surface area (Å²) in [5.41, 5.74) is 4.33. The summed E-state index contributed by atoms with van der Waals surface area (Å²) in [6.07, 6.45) is -0.367. The molecule has 3 aromatic carbocycles. The van der Waals surface area contributed by atoms with E-state index in [0.29, 0.717) is 37.0 Å². The number of piperazine rings is 1. The molecule has 2 amide bonds. The lowest BCUT2D eigenvalue weighted by Gasteiger charge is -2.31. The number of benzene rings is 3. The Kier molecular flexibility index (Phi) is 6.05. The second kappa shape index (κ2) is 9.39. The largest absolute Gasteiger partial charge is 0.415 e. The number of H-pyrrole nitrogens is 1. The summed E-state index contributed by atoms with van der Waals surface area (Å²) in [6, 6.07) is 17.7. The molecule has 1 saturated heterocycles. The molecule has 4 aromatic rings. The number of anilines is 1. The van der Waals surface area contributed by atoms with Crippen molar-refractivity contribution >= 4 is 51.0 Å². The fourth-order valence-corrected chi connectivity index (χ4v) is 5.73. The van der Waals surface area contributed by atoms with Crippen LogP contribution in [0.1, 0.15) is 27.5 Å². The van der Waals surface area contributed by atoms with Crippen molar-refractivity contribution in [2.75, 3.05) is 50.6 Å². The van der Waals surface area contributed by atoms with Gasteiger partial charge in [-0.3, -0.25) is 4.79 Å². The Balaban J connectivity index is 1.40. The lowest BCUT2D eigenvalue weighted by atomic mass is 9.95. The van der Waals surface area contributed by atoms with Crippen molar-refractivity contribution in [1.29, 1.82) is 0 Å². The van der Waals surface area contributed by atoms with Gasteiger partial charge in [0.05, 0.1) is 5.69 Å². The van der Waals surface area contributed by atoms with Gasteiger partial charge in [0.25, 0.3) is 5.91 Å². The molecular weight excluding hydrogens is 488 g/mol. The van der Waals surface area contributed by atoms with Gasteiger partial charge < -0.3 is 24.4 Å². The minimum Gasteiger partial charge on any atom is -0.409 e. The molecule has 3 heterocycles. The number of nitrogens with zero attached hydrogens (tertiary/aromatic N) is 3. The number of likely N-dealkylation sites (N-methyl/N-ethyl adjacent to an activating group) is 1. The number of alkyl halides is 1. The molecule has 0 bridgehead atoms. The number of ether oxygens (including phenoxy) is 1. The summed E-state index contributed by atoms with van der Waals surface area (Å²) in [5, 5.41) is 2.79. The summed E-state index contributed by atoms with van der Waals surface area (Å²) >= 11 is 6.43. The van der Waals surface area contributed by atoms with E-state index in [2.05, 4.69) is 16.0 Å². The molecule has 1 N–H and O–H groups in total. The number of carbonyl (C=O) groups excluding carboxylic acids is 2. The summed E-state index contributed by atoms with van der Waals surface area (Å²) in [7, 11) is 2.05. The molecule has 0 radical (unpaired) electrons. The topological polar surface area (TPSA) is 68.9 Å². The Labute approximate surface area is 220 Å². The van der Waals surface area contributed by atoms with E-state index in [4.69, 9.17) is 16.3 Å². The maximum Gasteiger partial charge on any atom is 0.415 e. The number of nitrogens with one attached hydrogen (secondary N) is 1. The Morgan fingerprint density at radius 3 is 2.54 bits per heavy atom. The van der Waals surface area contributed by atoms with Crippen LogP contribution in [0.4, 0.5) is 10.5 Å². The molecule has 37 heavy (non-hydrogen) atoms. The number of aromatic nitrogens is 1. The average molecular weight is 517 g/mol. The Bertz CT molecular complexity index is 1520. The molecule has 1 aromatic heterocycles. The monoisotopic (exact) mass is 516 g/mol. The molecule has 0 saturated carbocycles. The van der Waals surface area contributed by atoms with E-state index >= 15 is 0 Å². The van der Waals surface area contributed by atoms with Crippen LogP contribution in [0.2, 0.25) is 0 Å². The number of amides is 2. The van der Waals surface area contributed by atoms with E-state index in [1.807, 2.05) is 62.5 Å². The highest BCUT2D eigenvalue weighted by Gasteiger charge is 2.36. The molecule has 0 unspecified atom stereocenters. The lowest BCUT2D eigenvalue weighted by Crippen LogP contribution is -2.48. The van der Waals surface area contributed by atoms with Gasteiger partial charge in [0.15, 0.2) is 0 Å². The van der Waals surface area contributed by atoms with Crippen LogP contribution in [0.25, 0.3) is 21.7 Å². The Hall–Kier alpha value is -3.55. The van der Waals surface area contributed by atoms with E-state index in [1.165, 1.54) is 0 Å². The molecule has 6 rings (SSSR count).